The van der Waals surface area contributed by atoms with Crippen LogP contribution in [-0.4, -0.2) is 54.3 Å². The first-order valence-corrected chi connectivity index (χ1v) is 6.91. The van der Waals surface area contributed by atoms with Crippen LogP contribution in [0.5, 0.6) is 0 Å². The number of rotatable bonds is 5. The highest BCUT2D eigenvalue weighted by atomic mass is 16.4. The summed E-state index contributed by atoms with van der Waals surface area (Å²) >= 11 is 0. The van der Waals surface area contributed by atoms with Crippen molar-refractivity contribution in [3.8, 4) is 0 Å². The summed E-state index contributed by atoms with van der Waals surface area (Å²) in [5.41, 5.74) is 1.90. The summed E-state index contributed by atoms with van der Waals surface area (Å²) in [5, 5.41) is 19.4. The predicted octanol–water partition coefficient (Wildman–Crippen LogP) is 1.33. The summed E-state index contributed by atoms with van der Waals surface area (Å²) in [5.74, 6) is -0.794. The van der Waals surface area contributed by atoms with Gasteiger partial charge in [0.25, 0.3) is 0 Å². The summed E-state index contributed by atoms with van der Waals surface area (Å²) in [4.78, 5) is 15.0. The van der Waals surface area contributed by atoms with Gasteiger partial charge in [-0.2, -0.15) is 0 Å². The Kier molecular flexibility index (Phi) is 4.62. The van der Waals surface area contributed by atoms with Crippen LogP contribution in [0, 0.1) is 0 Å². The van der Waals surface area contributed by atoms with E-state index in [0.29, 0.717) is 13.0 Å². The number of hydrogen-bond donors (Lipinski definition) is 2. The lowest BCUT2D eigenvalue weighted by molar-refractivity contribution is -0.142. The van der Waals surface area contributed by atoms with E-state index in [2.05, 4.69) is 0 Å². The molecule has 5 nitrogen and oxygen atoms in total. The molecule has 0 bridgehead atoms. The Morgan fingerprint density at radius 2 is 2.05 bits per heavy atom. The number of carbonyl (C=O) groups is 1. The van der Waals surface area contributed by atoms with Gasteiger partial charge in [-0.1, -0.05) is 12.1 Å². The number of carboxylic acid groups (broad SMARTS) is 1. The third kappa shape index (κ3) is 3.29. The zero-order valence-electron chi connectivity index (χ0n) is 12.0. The van der Waals surface area contributed by atoms with Crippen molar-refractivity contribution in [3.05, 3.63) is 29.8 Å². The average molecular weight is 278 g/mol. The van der Waals surface area contributed by atoms with E-state index in [1.54, 1.807) is 0 Å². The monoisotopic (exact) mass is 278 g/mol. The fraction of sp³-hybridized carbons (Fsp3) is 0.533. The molecule has 0 spiro atoms. The fourth-order valence-electron chi connectivity index (χ4n) is 2.65. The molecule has 0 saturated carbocycles. The summed E-state index contributed by atoms with van der Waals surface area (Å²) < 4.78 is 0. The van der Waals surface area contributed by atoms with Crippen molar-refractivity contribution in [1.29, 1.82) is 0 Å². The van der Waals surface area contributed by atoms with E-state index in [-0.39, 0.29) is 0 Å². The highest BCUT2D eigenvalue weighted by molar-refractivity contribution is 5.73. The first kappa shape index (κ1) is 14.8. The van der Waals surface area contributed by atoms with Gasteiger partial charge in [-0.3, -0.25) is 9.69 Å². The Labute approximate surface area is 119 Å². The number of nitrogens with zero attached hydrogens (tertiary/aromatic N) is 2. The fourth-order valence-corrected chi connectivity index (χ4v) is 2.65. The van der Waals surface area contributed by atoms with E-state index in [0.717, 1.165) is 24.2 Å². The minimum Gasteiger partial charge on any atom is -0.480 e. The topological polar surface area (TPSA) is 64.0 Å². The zero-order valence-corrected chi connectivity index (χ0v) is 12.0. The summed E-state index contributed by atoms with van der Waals surface area (Å²) in [6.07, 6.45) is 0.899. The number of aliphatic carboxylic acids is 1. The number of β-amino-alcohol motifs (C(OH)–C–C–N with tert-alkyl or cyclic N) is 1. The van der Waals surface area contributed by atoms with Gasteiger partial charge in [0, 0.05) is 26.3 Å². The second-order valence-electron chi connectivity index (χ2n) is 5.49. The standard InChI is InChI=1S/C15H22N2O3/c1-16(2)12-7-5-11(6-8-12)14(18)10-17-9-3-4-13(17)15(19)20/h5-8,13-14,18H,3-4,9-10H2,1-2H3,(H,19,20). The van der Waals surface area contributed by atoms with E-state index in [9.17, 15) is 9.90 Å². The number of aliphatic hydroxyl groups excluding tert-OH is 1. The summed E-state index contributed by atoms with van der Waals surface area (Å²) in [6, 6.07) is 7.25. The summed E-state index contributed by atoms with van der Waals surface area (Å²) in [7, 11) is 3.93. The third-order valence-corrected chi connectivity index (χ3v) is 3.85. The lowest BCUT2D eigenvalue weighted by Gasteiger charge is -2.24. The lowest BCUT2D eigenvalue weighted by atomic mass is 10.1. The molecule has 2 unspecified atom stereocenters. The van der Waals surface area contributed by atoms with Crippen molar-refractivity contribution in [2.75, 3.05) is 32.1 Å². The van der Waals surface area contributed by atoms with Crippen LogP contribution in [0.2, 0.25) is 0 Å². The molecule has 1 fully saturated rings. The Hall–Kier alpha value is -1.59. The number of likely N-dealkylation sites (tertiary alicyclic amines) is 1. The predicted molar refractivity (Wildman–Crippen MR) is 78.0 cm³/mol. The minimum atomic E-state index is -0.794. The van der Waals surface area contributed by atoms with Gasteiger partial charge in [0.05, 0.1) is 6.10 Å². The van der Waals surface area contributed by atoms with Gasteiger partial charge >= 0.3 is 5.97 Å². The maximum atomic E-state index is 11.1. The zero-order chi connectivity index (χ0) is 14.7. The number of aliphatic hydroxyl groups is 1. The number of hydrogen-bond acceptors (Lipinski definition) is 4. The molecular weight excluding hydrogens is 256 g/mol. The van der Waals surface area contributed by atoms with Gasteiger partial charge in [-0.25, -0.2) is 0 Å². The van der Waals surface area contributed by atoms with Crippen LogP contribution >= 0.6 is 0 Å². The van der Waals surface area contributed by atoms with E-state index in [1.165, 1.54) is 0 Å². The van der Waals surface area contributed by atoms with E-state index >= 15 is 0 Å². The van der Waals surface area contributed by atoms with E-state index in [1.807, 2.05) is 48.2 Å². The first-order chi connectivity index (χ1) is 9.49. The quantitative estimate of drug-likeness (QED) is 0.851. The van der Waals surface area contributed by atoms with Crippen LogP contribution in [0.3, 0.4) is 0 Å². The highest BCUT2D eigenvalue weighted by Crippen LogP contribution is 2.23. The smallest absolute Gasteiger partial charge is 0.320 e. The molecule has 0 radical (unpaired) electrons. The largest absolute Gasteiger partial charge is 0.480 e. The van der Waals surface area contributed by atoms with Gasteiger partial charge in [0.1, 0.15) is 6.04 Å². The number of carboxylic acids is 1. The molecule has 0 aromatic heterocycles. The van der Waals surface area contributed by atoms with Crippen LogP contribution in [0.4, 0.5) is 5.69 Å². The van der Waals surface area contributed by atoms with E-state index < -0.39 is 18.1 Å². The van der Waals surface area contributed by atoms with Gasteiger partial charge in [-0.05, 0) is 37.1 Å². The molecule has 5 heteroatoms. The maximum Gasteiger partial charge on any atom is 0.320 e. The highest BCUT2D eigenvalue weighted by Gasteiger charge is 2.31. The van der Waals surface area contributed by atoms with Crippen molar-refractivity contribution in [2.24, 2.45) is 0 Å². The van der Waals surface area contributed by atoms with Gasteiger partial charge < -0.3 is 15.1 Å². The maximum absolute atomic E-state index is 11.1. The molecule has 20 heavy (non-hydrogen) atoms. The SMILES string of the molecule is CN(C)c1ccc(C(O)CN2CCCC2C(=O)O)cc1. The van der Waals surface area contributed by atoms with Crippen LogP contribution < -0.4 is 4.90 Å². The van der Waals surface area contributed by atoms with Crippen molar-refractivity contribution in [1.82, 2.24) is 4.90 Å². The van der Waals surface area contributed by atoms with Crippen LogP contribution in [0.15, 0.2) is 24.3 Å². The van der Waals surface area contributed by atoms with Crippen molar-refractivity contribution < 1.29 is 15.0 Å². The molecular formula is C15H22N2O3. The van der Waals surface area contributed by atoms with Crippen LogP contribution in [0.1, 0.15) is 24.5 Å². The second-order valence-corrected chi connectivity index (χ2v) is 5.49. The lowest BCUT2D eigenvalue weighted by Crippen LogP contribution is -2.38. The molecule has 2 rings (SSSR count). The Morgan fingerprint density at radius 1 is 1.40 bits per heavy atom. The molecule has 1 saturated heterocycles. The second kappa shape index (κ2) is 6.24. The summed E-state index contributed by atoms with van der Waals surface area (Å²) in [6.45, 7) is 1.11. The van der Waals surface area contributed by atoms with Crippen molar-refractivity contribution >= 4 is 11.7 Å². The molecule has 2 atom stereocenters. The molecule has 1 aliphatic rings. The van der Waals surface area contributed by atoms with Crippen LogP contribution in [0.25, 0.3) is 0 Å². The molecule has 0 aliphatic carbocycles. The van der Waals surface area contributed by atoms with Crippen molar-refractivity contribution in [2.45, 2.75) is 25.0 Å². The van der Waals surface area contributed by atoms with Crippen LogP contribution in [-0.2, 0) is 4.79 Å². The van der Waals surface area contributed by atoms with Crippen molar-refractivity contribution in [3.63, 3.8) is 0 Å². The Bertz CT molecular complexity index is 459. The minimum absolute atomic E-state index is 0.373. The molecule has 2 N–H and O–H groups in total. The Balaban J connectivity index is 2.00. The Morgan fingerprint density at radius 3 is 2.60 bits per heavy atom. The molecule has 1 aromatic rings. The number of anilines is 1. The normalized spacial score (nSPS) is 20.9. The average Bonchev–Trinajstić information content (AvgIpc) is 2.87. The molecule has 1 aliphatic heterocycles. The first-order valence-electron chi connectivity index (χ1n) is 6.91. The number of benzene rings is 1. The van der Waals surface area contributed by atoms with Gasteiger partial charge in [0.2, 0.25) is 0 Å². The molecule has 1 heterocycles. The molecule has 1 aromatic carbocycles. The van der Waals surface area contributed by atoms with Gasteiger partial charge in [-0.15, -0.1) is 0 Å². The third-order valence-electron chi connectivity index (χ3n) is 3.85. The molecule has 0 amide bonds. The molecule has 110 valence electrons. The van der Waals surface area contributed by atoms with Gasteiger partial charge in [0.15, 0.2) is 0 Å². The van der Waals surface area contributed by atoms with E-state index in [4.69, 9.17) is 5.11 Å².